The minimum Gasteiger partial charge on any atom is -0.481 e. The van der Waals surface area contributed by atoms with Gasteiger partial charge in [0.25, 0.3) is 0 Å². The van der Waals surface area contributed by atoms with Gasteiger partial charge < -0.3 is 10.2 Å². The molecule has 2 N–H and O–H groups in total. The van der Waals surface area contributed by atoms with Crippen LogP contribution in [0, 0.1) is 0 Å². The predicted octanol–water partition coefficient (Wildman–Crippen LogP) is 0.524. The van der Waals surface area contributed by atoms with E-state index in [0.29, 0.717) is 0 Å². The Morgan fingerprint density at radius 1 is 1.30 bits per heavy atom. The highest BCUT2D eigenvalue weighted by atomic mass is 35.5. The van der Waals surface area contributed by atoms with Crippen molar-refractivity contribution in [2.75, 3.05) is 0 Å². The van der Waals surface area contributed by atoms with Crippen molar-refractivity contribution in [3.63, 3.8) is 0 Å². The summed E-state index contributed by atoms with van der Waals surface area (Å²) in [4.78, 5) is 19.7. The molecule has 0 heterocycles. The topological polar surface area (TPSA) is 74.6 Å². The third-order valence-corrected chi connectivity index (χ3v) is 0.667. The lowest BCUT2D eigenvalue weighted by atomic mass is 10.2. The molecule has 0 aromatic heterocycles. The minimum absolute atomic E-state index is 0. The van der Waals surface area contributed by atoms with Crippen molar-refractivity contribution < 1.29 is 19.8 Å². The van der Waals surface area contributed by atoms with E-state index in [9.17, 15) is 9.59 Å². The molecule has 0 aromatic rings. The maximum absolute atomic E-state index is 9.87. The fraction of sp³-hybridized carbons (Fsp3) is 0.200. The van der Waals surface area contributed by atoms with Crippen molar-refractivity contribution >= 4 is 24.3 Å². The Balaban J connectivity index is 0. The zero-order chi connectivity index (χ0) is 7.44. The Morgan fingerprint density at radius 2 is 1.70 bits per heavy atom. The Kier molecular flexibility index (Phi) is 5.64. The van der Waals surface area contributed by atoms with Crippen LogP contribution in [0.25, 0.3) is 0 Å². The van der Waals surface area contributed by atoms with Crippen molar-refractivity contribution in [1.29, 1.82) is 0 Å². The van der Waals surface area contributed by atoms with E-state index in [1.807, 2.05) is 0 Å². The SMILES string of the molecule is C=C(CC(=O)O)C(=O)O.Cl. The first-order chi connectivity index (χ1) is 4.04. The molecule has 0 aliphatic carbocycles. The summed E-state index contributed by atoms with van der Waals surface area (Å²) in [5.74, 6) is -2.44. The van der Waals surface area contributed by atoms with Crippen LogP contribution in [-0.2, 0) is 9.59 Å². The number of carbonyl (C=O) groups is 2. The summed E-state index contributed by atoms with van der Waals surface area (Å²) in [7, 11) is 0. The normalized spacial score (nSPS) is 7.60. The van der Waals surface area contributed by atoms with E-state index in [0.717, 1.165) is 0 Å². The molecule has 5 heteroatoms. The quantitative estimate of drug-likeness (QED) is 0.600. The van der Waals surface area contributed by atoms with Crippen LogP contribution in [0.1, 0.15) is 6.42 Å². The molecule has 0 fully saturated rings. The van der Waals surface area contributed by atoms with Gasteiger partial charge in [0, 0.05) is 5.57 Å². The van der Waals surface area contributed by atoms with Gasteiger partial charge >= 0.3 is 11.9 Å². The fourth-order valence-corrected chi connectivity index (χ4v) is 0.258. The molecule has 0 atom stereocenters. The van der Waals surface area contributed by atoms with Crippen LogP contribution >= 0.6 is 12.4 Å². The summed E-state index contributed by atoms with van der Waals surface area (Å²) in [5.41, 5.74) is -0.303. The molecule has 0 unspecified atom stereocenters. The van der Waals surface area contributed by atoms with Crippen LogP contribution in [-0.4, -0.2) is 22.2 Å². The summed E-state index contributed by atoms with van der Waals surface area (Å²) >= 11 is 0. The Hall–Kier alpha value is -1.03. The number of carboxylic acids is 2. The Bertz CT molecular complexity index is 163. The monoisotopic (exact) mass is 166 g/mol. The lowest BCUT2D eigenvalue weighted by Crippen LogP contribution is -2.04. The van der Waals surface area contributed by atoms with Gasteiger partial charge in [-0.25, -0.2) is 4.79 Å². The van der Waals surface area contributed by atoms with Gasteiger partial charge in [-0.15, -0.1) is 12.4 Å². The van der Waals surface area contributed by atoms with Crippen LogP contribution < -0.4 is 0 Å². The minimum atomic E-state index is -1.27. The van der Waals surface area contributed by atoms with E-state index < -0.39 is 18.4 Å². The van der Waals surface area contributed by atoms with Crippen LogP contribution in [0.3, 0.4) is 0 Å². The fourth-order valence-electron chi connectivity index (χ4n) is 0.258. The number of carboxylic acid groups (broad SMARTS) is 2. The highest BCUT2D eigenvalue weighted by Gasteiger charge is 2.07. The van der Waals surface area contributed by atoms with Crippen LogP contribution in [0.4, 0.5) is 0 Å². The predicted molar refractivity (Wildman–Crippen MR) is 36.3 cm³/mol. The molecule has 58 valence electrons. The maximum atomic E-state index is 9.87. The third kappa shape index (κ3) is 5.11. The van der Waals surface area contributed by atoms with Gasteiger partial charge in [-0.3, -0.25) is 4.79 Å². The highest BCUT2D eigenvalue weighted by molar-refractivity contribution is 5.91. The second kappa shape index (κ2) is 4.81. The van der Waals surface area contributed by atoms with Crippen molar-refractivity contribution in [2.45, 2.75) is 6.42 Å². The van der Waals surface area contributed by atoms with E-state index in [1.54, 1.807) is 0 Å². The van der Waals surface area contributed by atoms with Gasteiger partial charge in [-0.05, 0) is 0 Å². The van der Waals surface area contributed by atoms with Gasteiger partial charge in [-0.2, -0.15) is 0 Å². The van der Waals surface area contributed by atoms with E-state index >= 15 is 0 Å². The molecular weight excluding hydrogens is 160 g/mol. The van der Waals surface area contributed by atoms with Crippen molar-refractivity contribution in [3.8, 4) is 0 Å². The molecule has 0 saturated heterocycles. The first-order valence-corrected chi connectivity index (χ1v) is 2.17. The summed E-state index contributed by atoms with van der Waals surface area (Å²) in [5, 5.41) is 16.1. The first kappa shape index (κ1) is 11.7. The number of rotatable bonds is 3. The van der Waals surface area contributed by atoms with Crippen LogP contribution in [0.5, 0.6) is 0 Å². The van der Waals surface area contributed by atoms with Gasteiger partial charge in [0.15, 0.2) is 0 Å². The van der Waals surface area contributed by atoms with Crippen LogP contribution in [0.15, 0.2) is 12.2 Å². The lowest BCUT2D eigenvalue weighted by Gasteiger charge is -1.91. The Labute approximate surface area is 63.6 Å². The third-order valence-electron chi connectivity index (χ3n) is 0.667. The van der Waals surface area contributed by atoms with Gasteiger partial charge in [0.05, 0.1) is 6.42 Å². The largest absolute Gasteiger partial charge is 0.481 e. The number of hydrogen-bond donors (Lipinski definition) is 2. The van der Waals surface area contributed by atoms with E-state index in [1.165, 1.54) is 0 Å². The molecule has 10 heavy (non-hydrogen) atoms. The molecule has 0 aliphatic rings. The first-order valence-electron chi connectivity index (χ1n) is 2.17. The second-order valence-electron chi connectivity index (χ2n) is 1.48. The van der Waals surface area contributed by atoms with Crippen molar-refractivity contribution in [1.82, 2.24) is 0 Å². The summed E-state index contributed by atoms with van der Waals surface area (Å²) < 4.78 is 0. The smallest absolute Gasteiger partial charge is 0.331 e. The second-order valence-corrected chi connectivity index (χ2v) is 1.48. The molecule has 4 nitrogen and oxygen atoms in total. The van der Waals surface area contributed by atoms with E-state index in [2.05, 4.69) is 6.58 Å². The summed E-state index contributed by atoms with van der Waals surface area (Å²) in [6, 6.07) is 0. The summed E-state index contributed by atoms with van der Waals surface area (Å²) in [6.07, 6.45) is -0.505. The molecule has 0 aromatic carbocycles. The van der Waals surface area contributed by atoms with Crippen LogP contribution in [0.2, 0.25) is 0 Å². The molecule has 0 radical (unpaired) electrons. The van der Waals surface area contributed by atoms with E-state index in [4.69, 9.17) is 10.2 Å². The average molecular weight is 167 g/mol. The summed E-state index contributed by atoms with van der Waals surface area (Å²) in [6.45, 7) is 3.01. The zero-order valence-electron chi connectivity index (χ0n) is 5.03. The number of halogens is 1. The lowest BCUT2D eigenvalue weighted by molar-refractivity contribution is -0.139. The molecule has 0 spiro atoms. The van der Waals surface area contributed by atoms with Crippen molar-refractivity contribution in [2.24, 2.45) is 0 Å². The maximum Gasteiger partial charge on any atom is 0.331 e. The molecule has 0 bridgehead atoms. The number of aliphatic carboxylic acids is 2. The molecule has 0 rings (SSSR count). The van der Waals surface area contributed by atoms with Crippen molar-refractivity contribution in [3.05, 3.63) is 12.2 Å². The standard InChI is InChI=1S/C5H6O4.ClH/c1-3(5(8)9)2-4(6)7;/h1-2H2,(H,6,7)(H,8,9);1H. The Morgan fingerprint density at radius 3 is 1.80 bits per heavy atom. The molecule has 0 saturated carbocycles. The zero-order valence-corrected chi connectivity index (χ0v) is 5.85. The van der Waals surface area contributed by atoms with E-state index in [-0.39, 0.29) is 18.0 Å². The average Bonchev–Trinajstić information content (AvgIpc) is 1.63. The van der Waals surface area contributed by atoms with Gasteiger partial charge in [-0.1, -0.05) is 6.58 Å². The molecule has 0 amide bonds. The molecular formula is C5H7ClO4. The number of hydrogen-bond acceptors (Lipinski definition) is 2. The van der Waals surface area contributed by atoms with Gasteiger partial charge in [0.2, 0.25) is 0 Å². The molecule has 0 aliphatic heterocycles. The highest BCUT2D eigenvalue weighted by Crippen LogP contribution is 1.95. The van der Waals surface area contributed by atoms with Gasteiger partial charge in [0.1, 0.15) is 0 Å².